The Morgan fingerprint density at radius 1 is 1.03 bits per heavy atom. The Bertz CT molecular complexity index is 1340. The lowest BCUT2D eigenvalue weighted by Crippen LogP contribution is -2.49. The van der Waals surface area contributed by atoms with Gasteiger partial charge in [0.1, 0.15) is 5.69 Å². The normalized spacial score (nSPS) is 16.1. The van der Waals surface area contributed by atoms with E-state index in [4.69, 9.17) is 9.05 Å². The zero-order valence-corrected chi connectivity index (χ0v) is 18.8. The van der Waals surface area contributed by atoms with E-state index in [1.807, 2.05) is 31.2 Å². The van der Waals surface area contributed by atoms with Crippen LogP contribution >= 0.6 is 0 Å². The fourth-order valence-corrected chi connectivity index (χ4v) is 4.19. The van der Waals surface area contributed by atoms with Crippen LogP contribution in [0.3, 0.4) is 0 Å². The van der Waals surface area contributed by atoms with Crippen molar-refractivity contribution in [3.8, 4) is 11.4 Å². The van der Waals surface area contributed by atoms with E-state index in [0.717, 1.165) is 17.5 Å². The van der Waals surface area contributed by atoms with Gasteiger partial charge in [-0.3, -0.25) is 9.69 Å². The Kier molecular flexibility index (Phi) is 6.01. The summed E-state index contributed by atoms with van der Waals surface area (Å²) in [6, 6.07) is 12.0. The molecule has 11 heteroatoms. The molecule has 1 aliphatic heterocycles. The molecule has 0 unspecified atom stereocenters. The first kappa shape index (κ1) is 23.0. The van der Waals surface area contributed by atoms with Gasteiger partial charge >= 0.3 is 6.18 Å². The van der Waals surface area contributed by atoms with Crippen molar-refractivity contribution < 1.29 is 27.0 Å². The summed E-state index contributed by atoms with van der Waals surface area (Å²) >= 11 is 0. The summed E-state index contributed by atoms with van der Waals surface area (Å²) in [5.41, 5.74) is 0.735. The third kappa shape index (κ3) is 4.76. The summed E-state index contributed by atoms with van der Waals surface area (Å²) in [5.74, 6) is 0.388. The monoisotopic (exact) mass is 485 g/mol. The van der Waals surface area contributed by atoms with Gasteiger partial charge < -0.3 is 13.9 Å². The maximum Gasteiger partial charge on any atom is 0.416 e. The summed E-state index contributed by atoms with van der Waals surface area (Å²) in [6.45, 7) is 4.12. The SMILES string of the molecule is C[C@H](c1nc(-c2cccc(C(F)(F)F)c2)no1)N1CCN(C(=O)Cc2noc3ccccc23)CC1. The van der Waals surface area contributed by atoms with Gasteiger partial charge in [0.2, 0.25) is 17.6 Å². The standard InChI is InChI=1S/C24H22F3N5O3/c1-15(23-28-22(30-35-23)16-5-4-6-17(13-16)24(25,26)27)31-9-11-32(12-10-31)21(33)14-19-18-7-2-3-8-20(18)34-29-19/h2-8,13,15H,9-12,14H2,1H3/t15-/m1/s1. The topological polar surface area (TPSA) is 88.5 Å². The molecule has 2 aromatic carbocycles. The Labute approximate surface area is 198 Å². The van der Waals surface area contributed by atoms with Crippen LogP contribution in [-0.4, -0.2) is 57.2 Å². The third-order valence-electron chi connectivity index (χ3n) is 6.23. The maximum atomic E-state index is 13.0. The largest absolute Gasteiger partial charge is 0.416 e. The molecule has 0 bridgehead atoms. The lowest BCUT2D eigenvalue weighted by atomic mass is 10.1. The maximum absolute atomic E-state index is 13.0. The summed E-state index contributed by atoms with van der Waals surface area (Å²) < 4.78 is 49.7. The molecule has 2 aromatic heterocycles. The van der Waals surface area contributed by atoms with E-state index in [1.165, 1.54) is 12.1 Å². The molecule has 1 aliphatic rings. The van der Waals surface area contributed by atoms with E-state index < -0.39 is 11.7 Å². The summed E-state index contributed by atoms with van der Waals surface area (Å²) in [7, 11) is 0. The Morgan fingerprint density at radius 3 is 2.57 bits per heavy atom. The van der Waals surface area contributed by atoms with Crippen molar-refractivity contribution in [3.05, 3.63) is 65.7 Å². The van der Waals surface area contributed by atoms with Crippen molar-refractivity contribution in [2.75, 3.05) is 26.2 Å². The van der Waals surface area contributed by atoms with E-state index >= 15 is 0 Å². The molecule has 182 valence electrons. The van der Waals surface area contributed by atoms with Gasteiger partial charge in [-0.05, 0) is 31.2 Å². The minimum atomic E-state index is -4.45. The van der Waals surface area contributed by atoms with E-state index in [1.54, 1.807) is 4.90 Å². The molecule has 0 N–H and O–H groups in total. The molecule has 0 aliphatic carbocycles. The van der Waals surface area contributed by atoms with Gasteiger partial charge in [0, 0.05) is 37.1 Å². The van der Waals surface area contributed by atoms with E-state index in [0.29, 0.717) is 43.3 Å². The molecule has 1 fully saturated rings. The number of carbonyl (C=O) groups excluding carboxylic acids is 1. The Balaban J connectivity index is 1.20. The van der Waals surface area contributed by atoms with Gasteiger partial charge in [0.25, 0.3) is 0 Å². The first-order valence-corrected chi connectivity index (χ1v) is 11.2. The average molecular weight is 485 g/mol. The van der Waals surface area contributed by atoms with Crippen LogP contribution in [0.25, 0.3) is 22.4 Å². The van der Waals surface area contributed by atoms with Crippen molar-refractivity contribution in [3.63, 3.8) is 0 Å². The number of para-hydroxylation sites is 1. The van der Waals surface area contributed by atoms with Crippen LogP contribution in [0.2, 0.25) is 0 Å². The van der Waals surface area contributed by atoms with Gasteiger partial charge in [0.15, 0.2) is 5.58 Å². The van der Waals surface area contributed by atoms with Crippen molar-refractivity contribution in [2.45, 2.75) is 25.6 Å². The number of hydrogen-bond acceptors (Lipinski definition) is 7. The highest BCUT2D eigenvalue weighted by atomic mass is 19.4. The molecule has 1 amide bonds. The number of piperazine rings is 1. The van der Waals surface area contributed by atoms with Gasteiger partial charge in [-0.15, -0.1) is 0 Å². The van der Waals surface area contributed by atoms with Crippen molar-refractivity contribution >= 4 is 16.9 Å². The van der Waals surface area contributed by atoms with Crippen LogP contribution in [0.4, 0.5) is 13.2 Å². The fourth-order valence-electron chi connectivity index (χ4n) is 4.19. The molecular weight excluding hydrogens is 463 g/mol. The lowest BCUT2D eigenvalue weighted by Gasteiger charge is -2.36. The van der Waals surface area contributed by atoms with Crippen LogP contribution in [0.5, 0.6) is 0 Å². The molecule has 1 atom stereocenters. The minimum Gasteiger partial charge on any atom is -0.356 e. The second-order valence-electron chi connectivity index (χ2n) is 8.43. The van der Waals surface area contributed by atoms with Crippen LogP contribution in [0.15, 0.2) is 57.6 Å². The number of halogens is 3. The first-order valence-electron chi connectivity index (χ1n) is 11.2. The summed E-state index contributed by atoms with van der Waals surface area (Å²) in [4.78, 5) is 21.0. The van der Waals surface area contributed by atoms with E-state index in [-0.39, 0.29) is 29.8 Å². The molecule has 0 spiro atoms. The highest BCUT2D eigenvalue weighted by molar-refractivity contribution is 5.86. The van der Waals surface area contributed by atoms with Crippen molar-refractivity contribution in [1.82, 2.24) is 25.1 Å². The summed E-state index contributed by atoms with van der Waals surface area (Å²) in [5, 5.41) is 8.75. The van der Waals surface area contributed by atoms with E-state index in [2.05, 4.69) is 20.2 Å². The number of aromatic nitrogens is 3. The zero-order chi connectivity index (χ0) is 24.6. The number of hydrogen-bond donors (Lipinski definition) is 0. The van der Waals surface area contributed by atoms with Gasteiger partial charge in [-0.2, -0.15) is 18.2 Å². The fraction of sp³-hybridized carbons (Fsp3) is 0.333. The second kappa shape index (κ2) is 9.14. The van der Waals surface area contributed by atoms with Crippen LogP contribution in [0.1, 0.15) is 30.1 Å². The summed E-state index contributed by atoms with van der Waals surface area (Å²) in [6.07, 6.45) is -4.29. The molecule has 5 rings (SSSR count). The number of benzene rings is 2. The molecule has 4 aromatic rings. The zero-order valence-electron chi connectivity index (χ0n) is 18.8. The van der Waals surface area contributed by atoms with Crippen LogP contribution in [0, 0.1) is 0 Å². The minimum absolute atomic E-state index is 0.0269. The predicted octanol–water partition coefficient (Wildman–Crippen LogP) is 4.34. The molecule has 8 nitrogen and oxygen atoms in total. The molecule has 1 saturated heterocycles. The molecule has 3 heterocycles. The van der Waals surface area contributed by atoms with Gasteiger partial charge in [-0.1, -0.05) is 34.6 Å². The predicted molar refractivity (Wildman–Crippen MR) is 119 cm³/mol. The highest BCUT2D eigenvalue weighted by Crippen LogP contribution is 2.32. The molecule has 35 heavy (non-hydrogen) atoms. The quantitative estimate of drug-likeness (QED) is 0.415. The number of nitrogens with zero attached hydrogens (tertiary/aromatic N) is 5. The highest BCUT2D eigenvalue weighted by Gasteiger charge is 2.31. The molecule has 0 radical (unpaired) electrons. The number of carbonyl (C=O) groups is 1. The smallest absolute Gasteiger partial charge is 0.356 e. The number of alkyl halides is 3. The Hall–Kier alpha value is -3.73. The molecule has 0 saturated carbocycles. The van der Waals surface area contributed by atoms with Crippen molar-refractivity contribution in [1.29, 1.82) is 0 Å². The molecular formula is C24H22F3N5O3. The number of fused-ring (bicyclic) bond motifs is 1. The first-order chi connectivity index (χ1) is 16.8. The second-order valence-corrected chi connectivity index (χ2v) is 8.43. The van der Waals surface area contributed by atoms with Gasteiger partial charge in [-0.25, -0.2) is 0 Å². The van der Waals surface area contributed by atoms with Gasteiger partial charge in [0.05, 0.1) is 18.0 Å². The van der Waals surface area contributed by atoms with Crippen molar-refractivity contribution in [2.24, 2.45) is 0 Å². The average Bonchev–Trinajstić information content (AvgIpc) is 3.51. The lowest BCUT2D eigenvalue weighted by molar-refractivity contribution is -0.137. The van der Waals surface area contributed by atoms with Crippen LogP contribution < -0.4 is 0 Å². The number of rotatable bonds is 5. The number of amides is 1. The third-order valence-corrected chi connectivity index (χ3v) is 6.23. The van der Waals surface area contributed by atoms with E-state index in [9.17, 15) is 18.0 Å². The Morgan fingerprint density at radius 2 is 1.80 bits per heavy atom. The van der Waals surface area contributed by atoms with Crippen LogP contribution in [-0.2, 0) is 17.4 Å².